The van der Waals surface area contributed by atoms with Crippen LogP contribution in [-0.4, -0.2) is 25.3 Å². The van der Waals surface area contributed by atoms with Gasteiger partial charge in [-0.1, -0.05) is 11.6 Å². The summed E-state index contributed by atoms with van der Waals surface area (Å²) in [6.07, 6.45) is 1.88. The van der Waals surface area contributed by atoms with Crippen molar-refractivity contribution >= 4 is 21.6 Å². The summed E-state index contributed by atoms with van der Waals surface area (Å²) >= 11 is 5.74. The van der Waals surface area contributed by atoms with E-state index in [1.165, 1.54) is 0 Å². The Kier molecular flexibility index (Phi) is 3.24. The van der Waals surface area contributed by atoms with E-state index in [4.69, 9.17) is 11.6 Å². The van der Waals surface area contributed by atoms with Gasteiger partial charge in [0, 0.05) is 17.6 Å². The average molecular weight is 260 g/mol. The summed E-state index contributed by atoms with van der Waals surface area (Å²) in [5.41, 5.74) is 0. The fourth-order valence-corrected chi connectivity index (χ4v) is 3.83. The van der Waals surface area contributed by atoms with E-state index in [-0.39, 0.29) is 6.04 Å². The molecule has 1 heterocycles. The highest BCUT2D eigenvalue weighted by Crippen LogP contribution is 2.26. The molecule has 1 aromatic carbocycles. The number of hydrogen-bond acceptors (Lipinski definition) is 2. The molecule has 5 heteroatoms. The first kappa shape index (κ1) is 11.9. The quantitative estimate of drug-likeness (QED) is 0.818. The molecule has 1 atom stereocenters. The highest BCUT2D eigenvalue weighted by atomic mass is 35.5. The molecule has 0 aliphatic carbocycles. The predicted octanol–water partition coefficient (Wildman–Crippen LogP) is 2.51. The van der Waals surface area contributed by atoms with Crippen LogP contribution in [0, 0.1) is 0 Å². The number of benzene rings is 1. The van der Waals surface area contributed by atoms with Crippen LogP contribution in [0.1, 0.15) is 19.8 Å². The monoisotopic (exact) mass is 259 g/mol. The minimum absolute atomic E-state index is 0.0979. The maximum Gasteiger partial charge on any atom is 0.243 e. The molecule has 3 nitrogen and oxygen atoms in total. The first-order valence-electron chi connectivity index (χ1n) is 5.29. The SMILES string of the molecule is C[C@@H]1CCCN1S(=O)(=O)c1ccc(Cl)cc1. The molecule has 1 saturated heterocycles. The maximum absolute atomic E-state index is 12.2. The lowest BCUT2D eigenvalue weighted by molar-refractivity contribution is 0.408. The minimum atomic E-state index is -3.33. The molecule has 0 spiro atoms. The van der Waals surface area contributed by atoms with Crippen molar-refractivity contribution in [1.29, 1.82) is 0 Å². The normalized spacial score (nSPS) is 22.5. The molecule has 0 aromatic heterocycles. The van der Waals surface area contributed by atoms with Crippen molar-refractivity contribution in [3.8, 4) is 0 Å². The average Bonchev–Trinajstić information content (AvgIpc) is 2.66. The van der Waals surface area contributed by atoms with Gasteiger partial charge >= 0.3 is 0 Å². The van der Waals surface area contributed by atoms with Gasteiger partial charge in [0.1, 0.15) is 0 Å². The lowest BCUT2D eigenvalue weighted by atomic mass is 10.3. The fourth-order valence-electron chi connectivity index (χ4n) is 2.01. The van der Waals surface area contributed by atoms with Gasteiger partial charge in [-0.2, -0.15) is 4.31 Å². The molecule has 1 aromatic rings. The van der Waals surface area contributed by atoms with Crippen molar-refractivity contribution in [2.75, 3.05) is 6.54 Å². The molecule has 0 unspecified atom stereocenters. The Hall–Kier alpha value is -0.580. The van der Waals surface area contributed by atoms with E-state index in [9.17, 15) is 8.42 Å². The number of rotatable bonds is 2. The van der Waals surface area contributed by atoms with E-state index >= 15 is 0 Å². The van der Waals surface area contributed by atoms with Gasteiger partial charge in [-0.25, -0.2) is 8.42 Å². The minimum Gasteiger partial charge on any atom is -0.207 e. The molecule has 0 bridgehead atoms. The molecule has 0 saturated carbocycles. The van der Waals surface area contributed by atoms with Crippen LogP contribution in [-0.2, 0) is 10.0 Å². The van der Waals surface area contributed by atoms with Crippen LogP contribution in [0.25, 0.3) is 0 Å². The van der Waals surface area contributed by atoms with Crippen LogP contribution >= 0.6 is 11.6 Å². The zero-order valence-corrected chi connectivity index (χ0v) is 10.6. The highest BCUT2D eigenvalue weighted by Gasteiger charge is 2.32. The Bertz CT molecular complexity index is 469. The van der Waals surface area contributed by atoms with Crippen molar-refractivity contribution in [2.24, 2.45) is 0 Å². The Morgan fingerprint density at radius 2 is 1.94 bits per heavy atom. The van der Waals surface area contributed by atoms with Crippen molar-refractivity contribution in [1.82, 2.24) is 4.31 Å². The van der Waals surface area contributed by atoms with Gasteiger partial charge in [-0.3, -0.25) is 0 Å². The van der Waals surface area contributed by atoms with Crippen LogP contribution in [0.4, 0.5) is 0 Å². The summed E-state index contributed by atoms with van der Waals surface area (Å²) in [5.74, 6) is 0. The van der Waals surface area contributed by atoms with Gasteiger partial charge in [-0.05, 0) is 44.0 Å². The second-order valence-corrected chi connectivity index (χ2v) is 6.39. The van der Waals surface area contributed by atoms with Crippen LogP contribution in [0.15, 0.2) is 29.2 Å². The molecule has 0 amide bonds. The molecule has 16 heavy (non-hydrogen) atoms. The summed E-state index contributed by atoms with van der Waals surface area (Å²) in [6.45, 7) is 2.56. The largest absolute Gasteiger partial charge is 0.243 e. The van der Waals surface area contributed by atoms with Crippen molar-refractivity contribution in [3.05, 3.63) is 29.3 Å². The van der Waals surface area contributed by atoms with Crippen LogP contribution in [0.3, 0.4) is 0 Å². The molecular formula is C11H14ClNO2S. The van der Waals surface area contributed by atoms with Gasteiger partial charge in [0.05, 0.1) is 4.90 Å². The Balaban J connectivity index is 2.35. The summed E-state index contributed by atoms with van der Waals surface area (Å²) in [5, 5.41) is 0.549. The third-order valence-electron chi connectivity index (χ3n) is 2.91. The van der Waals surface area contributed by atoms with Crippen molar-refractivity contribution in [2.45, 2.75) is 30.7 Å². The molecule has 0 radical (unpaired) electrons. The number of halogens is 1. The first-order valence-corrected chi connectivity index (χ1v) is 7.11. The van der Waals surface area contributed by atoms with E-state index < -0.39 is 10.0 Å². The first-order chi connectivity index (χ1) is 7.51. The number of hydrogen-bond donors (Lipinski definition) is 0. The Labute approximate surface area is 101 Å². The topological polar surface area (TPSA) is 37.4 Å². The summed E-state index contributed by atoms with van der Waals surface area (Å²) in [7, 11) is -3.33. The summed E-state index contributed by atoms with van der Waals surface area (Å²) in [6, 6.07) is 6.43. The summed E-state index contributed by atoms with van der Waals surface area (Å²) < 4.78 is 26.0. The zero-order chi connectivity index (χ0) is 11.8. The standard InChI is InChI=1S/C11H14ClNO2S/c1-9-3-2-8-13(9)16(14,15)11-6-4-10(12)5-7-11/h4-7,9H,2-3,8H2,1H3/t9-/m1/s1. The van der Waals surface area contributed by atoms with Crippen LogP contribution in [0.5, 0.6) is 0 Å². The predicted molar refractivity (Wildman–Crippen MR) is 64.0 cm³/mol. The third kappa shape index (κ3) is 2.10. The third-order valence-corrected chi connectivity index (χ3v) is 5.19. The Morgan fingerprint density at radius 1 is 1.31 bits per heavy atom. The van der Waals surface area contributed by atoms with E-state index in [2.05, 4.69) is 0 Å². The lowest BCUT2D eigenvalue weighted by Crippen LogP contribution is -2.33. The molecule has 2 rings (SSSR count). The highest BCUT2D eigenvalue weighted by molar-refractivity contribution is 7.89. The van der Waals surface area contributed by atoms with Crippen LogP contribution in [0.2, 0.25) is 5.02 Å². The number of nitrogens with zero attached hydrogens (tertiary/aromatic N) is 1. The number of sulfonamides is 1. The van der Waals surface area contributed by atoms with Gasteiger partial charge in [0.2, 0.25) is 10.0 Å². The second-order valence-electron chi connectivity index (χ2n) is 4.06. The molecule has 88 valence electrons. The van der Waals surface area contributed by atoms with E-state index in [0.717, 1.165) is 12.8 Å². The lowest BCUT2D eigenvalue weighted by Gasteiger charge is -2.20. The van der Waals surface area contributed by atoms with Crippen LogP contribution < -0.4 is 0 Å². The molecule has 1 fully saturated rings. The molecule has 1 aliphatic heterocycles. The van der Waals surface area contributed by atoms with E-state index in [1.54, 1.807) is 28.6 Å². The zero-order valence-electron chi connectivity index (χ0n) is 9.06. The second kappa shape index (κ2) is 4.35. The molecule has 1 aliphatic rings. The molecule has 0 N–H and O–H groups in total. The Morgan fingerprint density at radius 3 is 2.44 bits per heavy atom. The van der Waals surface area contributed by atoms with E-state index in [0.29, 0.717) is 16.5 Å². The molecular weight excluding hydrogens is 246 g/mol. The summed E-state index contributed by atoms with van der Waals surface area (Å²) in [4.78, 5) is 0.325. The van der Waals surface area contributed by atoms with Gasteiger partial charge < -0.3 is 0 Å². The smallest absolute Gasteiger partial charge is 0.207 e. The van der Waals surface area contributed by atoms with Gasteiger partial charge in [0.15, 0.2) is 0 Å². The van der Waals surface area contributed by atoms with Crippen molar-refractivity contribution < 1.29 is 8.42 Å². The van der Waals surface area contributed by atoms with Crippen molar-refractivity contribution in [3.63, 3.8) is 0 Å². The van der Waals surface area contributed by atoms with Gasteiger partial charge in [-0.15, -0.1) is 0 Å². The van der Waals surface area contributed by atoms with E-state index in [1.807, 2.05) is 6.92 Å². The maximum atomic E-state index is 12.2. The van der Waals surface area contributed by atoms with Gasteiger partial charge in [0.25, 0.3) is 0 Å². The fraction of sp³-hybridized carbons (Fsp3) is 0.455.